The summed E-state index contributed by atoms with van der Waals surface area (Å²) in [7, 11) is 4.42. The number of pyridine rings is 1. The van der Waals surface area contributed by atoms with Crippen molar-refractivity contribution in [2.45, 2.75) is 32.2 Å². The molecule has 1 aliphatic carbocycles. The molecule has 0 unspecified atom stereocenters. The Morgan fingerprint density at radius 3 is 2.90 bits per heavy atom. The number of benzene rings is 1. The third-order valence-electron chi connectivity index (χ3n) is 6.70. The Kier molecular flexibility index (Phi) is 5.45. The first kappa shape index (κ1) is 20.1. The third kappa shape index (κ3) is 3.83. The number of nitrogens with zero attached hydrogens (tertiary/aromatic N) is 3. The number of aryl methyl sites for hydroxylation is 1. The van der Waals surface area contributed by atoms with Crippen molar-refractivity contribution in [3.8, 4) is 5.88 Å². The normalized spacial score (nSPS) is 20.4. The molecule has 0 fully saturated rings. The lowest BCUT2D eigenvalue weighted by molar-refractivity contribution is 0.249. The molecular formula is C26H32N4O. The standard InChI is InChI=1S/C26H32N4O/c1-4-5-11-31-25-10-9-20(15-28-25)27-14-18-12-22-21-7-6-8-23-26(21)19(17-30(23)3)13-24(22)29(2)16-18/h6-10,12,15,17-18,24,27H,4-5,11,13-14,16H2,1-3H3/t18-,24+/m0/s1. The maximum Gasteiger partial charge on any atom is 0.213 e. The minimum absolute atomic E-state index is 0.456. The number of anilines is 1. The van der Waals surface area contributed by atoms with E-state index in [1.807, 2.05) is 12.3 Å². The Hall–Kier alpha value is -2.79. The molecule has 0 radical (unpaired) electrons. The number of fused-ring (bicyclic) bond motifs is 2. The maximum absolute atomic E-state index is 5.67. The molecule has 5 rings (SSSR count). The summed E-state index contributed by atoms with van der Waals surface area (Å²) in [6.07, 6.45) is 9.99. The van der Waals surface area contributed by atoms with Crippen LogP contribution in [0.4, 0.5) is 5.69 Å². The largest absolute Gasteiger partial charge is 0.478 e. The Morgan fingerprint density at radius 2 is 2.10 bits per heavy atom. The minimum Gasteiger partial charge on any atom is -0.478 e. The monoisotopic (exact) mass is 416 g/mol. The summed E-state index contributed by atoms with van der Waals surface area (Å²) < 4.78 is 7.94. The fourth-order valence-electron chi connectivity index (χ4n) is 5.09. The van der Waals surface area contributed by atoms with Crippen molar-refractivity contribution in [1.82, 2.24) is 14.5 Å². The molecule has 3 aromatic rings. The van der Waals surface area contributed by atoms with Crippen LogP contribution >= 0.6 is 0 Å². The van der Waals surface area contributed by atoms with Gasteiger partial charge in [-0.2, -0.15) is 0 Å². The number of unbranched alkanes of at least 4 members (excludes halogenated alkanes) is 1. The maximum atomic E-state index is 5.67. The zero-order valence-corrected chi connectivity index (χ0v) is 18.8. The first-order valence-electron chi connectivity index (χ1n) is 11.5. The van der Waals surface area contributed by atoms with Crippen LogP contribution in [0.15, 0.2) is 48.8 Å². The van der Waals surface area contributed by atoms with Crippen molar-refractivity contribution in [1.29, 1.82) is 0 Å². The fourth-order valence-corrected chi connectivity index (χ4v) is 5.09. The first-order chi connectivity index (χ1) is 15.1. The van der Waals surface area contributed by atoms with E-state index in [-0.39, 0.29) is 0 Å². The summed E-state index contributed by atoms with van der Waals surface area (Å²) in [6, 6.07) is 11.2. The summed E-state index contributed by atoms with van der Waals surface area (Å²) in [5.41, 5.74) is 6.76. The van der Waals surface area contributed by atoms with Gasteiger partial charge < -0.3 is 14.6 Å². The van der Waals surface area contributed by atoms with Crippen LogP contribution in [0.1, 0.15) is 30.9 Å². The van der Waals surface area contributed by atoms with Gasteiger partial charge >= 0.3 is 0 Å². The lowest BCUT2D eigenvalue weighted by Gasteiger charge is -2.40. The van der Waals surface area contributed by atoms with Gasteiger partial charge in [0.05, 0.1) is 18.5 Å². The Labute approximate surface area is 184 Å². The number of hydrogen-bond donors (Lipinski definition) is 1. The predicted octanol–water partition coefficient (Wildman–Crippen LogP) is 4.73. The van der Waals surface area contributed by atoms with Gasteiger partial charge in [0.25, 0.3) is 0 Å². The van der Waals surface area contributed by atoms with Crippen molar-refractivity contribution < 1.29 is 4.74 Å². The van der Waals surface area contributed by atoms with Gasteiger partial charge in [0, 0.05) is 55.3 Å². The SMILES string of the molecule is CCCCOc1ccc(NC[C@@H]2C=C3c4cccc5c4c(cn5C)C[C@H]3N(C)C2)cn1. The molecule has 1 N–H and O–H groups in total. The predicted molar refractivity (Wildman–Crippen MR) is 128 cm³/mol. The van der Waals surface area contributed by atoms with Crippen molar-refractivity contribution in [3.63, 3.8) is 0 Å². The Balaban J connectivity index is 1.32. The molecule has 5 heteroatoms. The van der Waals surface area contributed by atoms with Gasteiger partial charge in [-0.1, -0.05) is 31.6 Å². The molecule has 0 amide bonds. The molecule has 0 saturated heterocycles. The van der Waals surface area contributed by atoms with Crippen LogP contribution < -0.4 is 10.1 Å². The molecular weight excluding hydrogens is 384 g/mol. The van der Waals surface area contributed by atoms with E-state index < -0.39 is 0 Å². The van der Waals surface area contributed by atoms with E-state index in [0.717, 1.165) is 44.6 Å². The van der Waals surface area contributed by atoms with Gasteiger partial charge in [0.15, 0.2) is 0 Å². The van der Waals surface area contributed by atoms with Crippen molar-refractivity contribution in [2.24, 2.45) is 13.0 Å². The molecule has 3 heterocycles. The highest BCUT2D eigenvalue weighted by Gasteiger charge is 2.33. The number of ether oxygens (including phenoxy) is 1. The number of likely N-dealkylation sites (N-methyl/N-ethyl adjacent to an activating group) is 1. The summed E-state index contributed by atoms with van der Waals surface area (Å²) >= 11 is 0. The summed E-state index contributed by atoms with van der Waals surface area (Å²) in [5.74, 6) is 1.16. The highest BCUT2D eigenvalue weighted by Crippen LogP contribution is 2.41. The Bertz CT molecular complexity index is 1100. The average molecular weight is 417 g/mol. The fraction of sp³-hybridized carbons (Fsp3) is 0.423. The Morgan fingerprint density at radius 1 is 1.19 bits per heavy atom. The van der Waals surface area contributed by atoms with Crippen LogP contribution in [0, 0.1) is 5.92 Å². The van der Waals surface area contributed by atoms with E-state index in [1.54, 1.807) is 0 Å². The number of hydrogen-bond acceptors (Lipinski definition) is 4. The van der Waals surface area contributed by atoms with Gasteiger partial charge in [0.1, 0.15) is 0 Å². The molecule has 5 nitrogen and oxygen atoms in total. The van der Waals surface area contributed by atoms with Gasteiger partial charge in [-0.3, -0.25) is 4.90 Å². The third-order valence-corrected chi connectivity index (χ3v) is 6.70. The number of rotatable bonds is 7. The summed E-state index contributed by atoms with van der Waals surface area (Å²) in [4.78, 5) is 6.96. The quantitative estimate of drug-likeness (QED) is 0.565. The smallest absolute Gasteiger partial charge is 0.213 e. The lowest BCUT2D eigenvalue weighted by atomic mass is 9.80. The van der Waals surface area contributed by atoms with Crippen molar-refractivity contribution in [3.05, 3.63) is 59.9 Å². The topological polar surface area (TPSA) is 42.3 Å². The molecule has 0 bridgehead atoms. The van der Waals surface area contributed by atoms with Crippen LogP contribution in [0.3, 0.4) is 0 Å². The number of aromatic nitrogens is 2. The van der Waals surface area contributed by atoms with E-state index in [1.165, 1.54) is 27.6 Å². The van der Waals surface area contributed by atoms with E-state index in [9.17, 15) is 0 Å². The molecule has 0 spiro atoms. The number of nitrogens with one attached hydrogen (secondary N) is 1. The molecule has 1 aliphatic heterocycles. The summed E-state index contributed by atoms with van der Waals surface area (Å²) in [5, 5.41) is 5.02. The van der Waals surface area contributed by atoms with Crippen LogP contribution in [0.2, 0.25) is 0 Å². The summed E-state index contributed by atoms with van der Waals surface area (Å²) in [6.45, 7) is 4.85. The zero-order valence-electron chi connectivity index (χ0n) is 18.8. The minimum atomic E-state index is 0.456. The van der Waals surface area contributed by atoms with Gasteiger partial charge in [-0.15, -0.1) is 0 Å². The van der Waals surface area contributed by atoms with Gasteiger partial charge in [-0.25, -0.2) is 4.98 Å². The molecule has 1 aromatic carbocycles. The van der Waals surface area contributed by atoms with Crippen LogP contribution in [0.25, 0.3) is 16.5 Å². The second kappa shape index (κ2) is 8.39. The second-order valence-electron chi connectivity index (χ2n) is 8.97. The van der Waals surface area contributed by atoms with E-state index in [2.05, 4.69) is 77.3 Å². The van der Waals surface area contributed by atoms with Crippen molar-refractivity contribution in [2.75, 3.05) is 32.1 Å². The second-order valence-corrected chi connectivity index (χ2v) is 8.97. The highest BCUT2D eigenvalue weighted by molar-refractivity contribution is 5.98. The molecule has 0 saturated carbocycles. The van der Waals surface area contributed by atoms with E-state index in [0.29, 0.717) is 17.8 Å². The lowest BCUT2D eigenvalue weighted by Crippen LogP contribution is -2.43. The van der Waals surface area contributed by atoms with E-state index in [4.69, 9.17) is 4.74 Å². The van der Waals surface area contributed by atoms with Crippen molar-refractivity contribution >= 4 is 22.2 Å². The molecule has 2 atom stereocenters. The molecule has 31 heavy (non-hydrogen) atoms. The molecule has 2 aliphatic rings. The molecule has 162 valence electrons. The zero-order chi connectivity index (χ0) is 21.4. The van der Waals surface area contributed by atoms with Crippen LogP contribution in [0.5, 0.6) is 5.88 Å². The van der Waals surface area contributed by atoms with Gasteiger partial charge in [-0.05, 0) is 48.7 Å². The first-order valence-corrected chi connectivity index (χ1v) is 11.5. The highest BCUT2D eigenvalue weighted by atomic mass is 16.5. The average Bonchev–Trinajstić information content (AvgIpc) is 3.11. The van der Waals surface area contributed by atoms with Gasteiger partial charge in [0.2, 0.25) is 5.88 Å². The van der Waals surface area contributed by atoms with Crippen LogP contribution in [-0.2, 0) is 13.5 Å². The van der Waals surface area contributed by atoms with E-state index >= 15 is 0 Å². The molecule has 2 aromatic heterocycles. The van der Waals surface area contributed by atoms with Crippen LogP contribution in [-0.4, -0.2) is 47.2 Å².